The van der Waals surface area contributed by atoms with E-state index in [1.165, 1.54) is 0 Å². The average Bonchev–Trinajstić information content (AvgIpc) is 3.15. The molecule has 2 aliphatic heterocycles. The van der Waals surface area contributed by atoms with Crippen LogP contribution in [0.3, 0.4) is 0 Å². The van der Waals surface area contributed by atoms with Crippen molar-refractivity contribution in [3.05, 3.63) is 29.8 Å². The monoisotopic (exact) mass is 331 g/mol. The van der Waals surface area contributed by atoms with Crippen LogP contribution in [0.5, 0.6) is 0 Å². The topological polar surface area (TPSA) is 79.5 Å². The maximum Gasteiger partial charge on any atom is 0.253 e. The van der Waals surface area contributed by atoms with Crippen molar-refractivity contribution in [2.45, 2.75) is 38.3 Å². The van der Waals surface area contributed by atoms with Crippen molar-refractivity contribution in [1.82, 2.24) is 10.6 Å². The van der Waals surface area contributed by atoms with Gasteiger partial charge in [-0.05, 0) is 49.9 Å². The van der Waals surface area contributed by atoms with Gasteiger partial charge in [0.1, 0.15) is 6.10 Å². The van der Waals surface area contributed by atoms with Crippen LogP contribution in [0.1, 0.15) is 31.2 Å². The van der Waals surface area contributed by atoms with Crippen LogP contribution < -0.4 is 16.0 Å². The lowest BCUT2D eigenvalue weighted by atomic mass is 9.99. The van der Waals surface area contributed by atoms with Gasteiger partial charge in [-0.1, -0.05) is 12.1 Å². The van der Waals surface area contributed by atoms with E-state index >= 15 is 0 Å². The predicted octanol–water partition coefficient (Wildman–Crippen LogP) is 1.42. The van der Waals surface area contributed by atoms with Gasteiger partial charge < -0.3 is 20.7 Å². The number of carbonyl (C=O) groups excluding carboxylic acids is 2. The molecule has 24 heavy (non-hydrogen) atoms. The molecule has 2 saturated heterocycles. The van der Waals surface area contributed by atoms with Crippen molar-refractivity contribution in [3.63, 3.8) is 0 Å². The summed E-state index contributed by atoms with van der Waals surface area (Å²) in [6.07, 6.45) is 3.35. The van der Waals surface area contributed by atoms with Gasteiger partial charge in [0.25, 0.3) is 5.91 Å². The summed E-state index contributed by atoms with van der Waals surface area (Å²) in [4.78, 5) is 24.3. The number of rotatable bonds is 5. The third-order valence-corrected chi connectivity index (χ3v) is 4.55. The molecule has 2 heterocycles. The third-order valence-electron chi connectivity index (χ3n) is 4.55. The number of nitrogens with one attached hydrogen (secondary N) is 3. The Hall–Kier alpha value is -1.92. The zero-order valence-electron chi connectivity index (χ0n) is 13.8. The van der Waals surface area contributed by atoms with E-state index in [2.05, 4.69) is 16.0 Å². The number of ether oxygens (including phenoxy) is 1. The quantitative estimate of drug-likeness (QED) is 0.762. The van der Waals surface area contributed by atoms with Gasteiger partial charge in [0.2, 0.25) is 5.91 Å². The van der Waals surface area contributed by atoms with E-state index in [0.717, 1.165) is 50.0 Å². The second-order valence-electron chi connectivity index (χ2n) is 6.45. The Bertz CT molecular complexity index is 579. The summed E-state index contributed by atoms with van der Waals surface area (Å²) >= 11 is 0. The zero-order chi connectivity index (χ0) is 16.8. The lowest BCUT2D eigenvalue weighted by molar-refractivity contribution is -0.126. The summed E-state index contributed by atoms with van der Waals surface area (Å²) in [5, 5.41) is 9.13. The van der Waals surface area contributed by atoms with Crippen molar-refractivity contribution in [2.24, 2.45) is 5.92 Å². The van der Waals surface area contributed by atoms with Crippen molar-refractivity contribution >= 4 is 17.5 Å². The van der Waals surface area contributed by atoms with Gasteiger partial charge in [-0.2, -0.15) is 0 Å². The fourth-order valence-electron chi connectivity index (χ4n) is 3.18. The Balaban J connectivity index is 1.51. The second kappa shape index (κ2) is 8.26. The highest BCUT2D eigenvalue weighted by molar-refractivity contribution is 5.94. The molecule has 6 heteroatoms. The molecule has 0 bridgehead atoms. The number of hydrogen-bond donors (Lipinski definition) is 3. The van der Waals surface area contributed by atoms with Crippen LogP contribution in [0.15, 0.2) is 24.3 Å². The molecule has 0 aliphatic carbocycles. The molecule has 130 valence electrons. The van der Waals surface area contributed by atoms with Crippen LogP contribution in [0.25, 0.3) is 0 Å². The summed E-state index contributed by atoms with van der Waals surface area (Å²) in [6.45, 7) is 2.87. The lowest BCUT2D eigenvalue weighted by Gasteiger charge is -2.22. The fourth-order valence-corrected chi connectivity index (χ4v) is 3.18. The van der Waals surface area contributed by atoms with E-state index in [4.69, 9.17) is 4.74 Å². The molecule has 2 unspecified atom stereocenters. The molecule has 1 aromatic carbocycles. The predicted molar refractivity (Wildman–Crippen MR) is 91.5 cm³/mol. The highest BCUT2D eigenvalue weighted by Crippen LogP contribution is 2.16. The molecule has 1 aromatic rings. The van der Waals surface area contributed by atoms with Gasteiger partial charge in [0, 0.05) is 25.4 Å². The Morgan fingerprint density at radius 1 is 1.21 bits per heavy atom. The Kier molecular flexibility index (Phi) is 5.82. The lowest BCUT2D eigenvalue weighted by Crippen LogP contribution is -2.40. The van der Waals surface area contributed by atoms with Crippen molar-refractivity contribution in [1.29, 1.82) is 0 Å². The van der Waals surface area contributed by atoms with Crippen molar-refractivity contribution < 1.29 is 14.3 Å². The molecule has 0 spiro atoms. The van der Waals surface area contributed by atoms with Gasteiger partial charge in [0.15, 0.2) is 0 Å². The number of amides is 2. The first kappa shape index (κ1) is 16.9. The molecule has 0 saturated carbocycles. The zero-order valence-corrected chi connectivity index (χ0v) is 13.8. The highest BCUT2D eigenvalue weighted by atomic mass is 16.5. The van der Waals surface area contributed by atoms with Crippen LogP contribution in [0.2, 0.25) is 0 Å². The SMILES string of the molecule is O=C(NCc1cccc(NC(=O)C2CCCO2)c1)C1CCCNC1. The molecule has 2 fully saturated rings. The summed E-state index contributed by atoms with van der Waals surface area (Å²) in [5.41, 5.74) is 1.71. The van der Waals surface area contributed by atoms with E-state index in [9.17, 15) is 9.59 Å². The van der Waals surface area contributed by atoms with Gasteiger partial charge in [-0.25, -0.2) is 0 Å². The van der Waals surface area contributed by atoms with E-state index in [1.807, 2.05) is 24.3 Å². The van der Waals surface area contributed by atoms with Gasteiger partial charge in [0.05, 0.1) is 5.92 Å². The fraction of sp³-hybridized carbons (Fsp3) is 0.556. The average molecular weight is 331 g/mol. The molecular weight excluding hydrogens is 306 g/mol. The van der Waals surface area contributed by atoms with Crippen LogP contribution in [0, 0.1) is 5.92 Å². The molecular formula is C18H25N3O3. The molecule has 3 rings (SSSR count). The van der Waals surface area contributed by atoms with Crippen LogP contribution in [-0.4, -0.2) is 37.6 Å². The van der Waals surface area contributed by atoms with Gasteiger partial charge >= 0.3 is 0 Å². The Labute approximate surface area is 142 Å². The maximum atomic E-state index is 12.2. The third kappa shape index (κ3) is 4.55. The molecule has 3 N–H and O–H groups in total. The van der Waals surface area contributed by atoms with Crippen LogP contribution in [-0.2, 0) is 20.9 Å². The first-order valence-corrected chi connectivity index (χ1v) is 8.72. The summed E-state index contributed by atoms with van der Waals surface area (Å²) < 4.78 is 5.39. The second-order valence-corrected chi connectivity index (χ2v) is 6.45. The van der Waals surface area contributed by atoms with Crippen molar-refractivity contribution in [3.8, 4) is 0 Å². The molecule has 2 aliphatic rings. The Morgan fingerprint density at radius 3 is 2.88 bits per heavy atom. The molecule has 2 amide bonds. The number of benzene rings is 1. The Morgan fingerprint density at radius 2 is 2.12 bits per heavy atom. The minimum Gasteiger partial charge on any atom is -0.368 e. The summed E-state index contributed by atoms with van der Waals surface area (Å²) in [7, 11) is 0. The van der Waals surface area contributed by atoms with E-state index < -0.39 is 0 Å². The standard InChI is InChI=1S/C18H25N3O3/c22-17(14-5-2-8-19-12-14)20-11-13-4-1-6-15(10-13)21-18(23)16-7-3-9-24-16/h1,4,6,10,14,16,19H,2-3,5,7-9,11-12H2,(H,20,22)(H,21,23). The van der Waals surface area contributed by atoms with Gasteiger partial charge in [-0.15, -0.1) is 0 Å². The smallest absolute Gasteiger partial charge is 0.253 e. The van der Waals surface area contributed by atoms with E-state index in [1.54, 1.807) is 0 Å². The van der Waals surface area contributed by atoms with Crippen LogP contribution in [0.4, 0.5) is 5.69 Å². The number of piperidine rings is 1. The maximum absolute atomic E-state index is 12.2. The summed E-state index contributed by atoms with van der Waals surface area (Å²) in [5.74, 6) is 0.0547. The normalized spacial score (nSPS) is 23.7. The first-order chi connectivity index (χ1) is 11.7. The highest BCUT2D eigenvalue weighted by Gasteiger charge is 2.23. The molecule has 0 aromatic heterocycles. The van der Waals surface area contributed by atoms with E-state index in [-0.39, 0.29) is 23.8 Å². The largest absolute Gasteiger partial charge is 0.368 e. The van der Waals surface area contributed by atoms with Crippen molar-refractivity contribution in [2.75, 3.05) is 25.0 Å². The molecule has 2 atom stereocenters. The van der Waals surface area contributed by atoms with Gasteiger partial charge in [-0.3, -0.25) is 9.59 Å². The first-order valence-electron chi connectivity index (χ1n) is 8.72. The summed E-state index contributed by atoms with van der Waals surface area (Å²) in [6, 6.07) is 7.57. The van der Waals surface area contributed by atoms with E-state index in [0.29, 0.717) is 13.2 Å². The molecule has 0 radical (unpaired) electrons. The van der Waals surface area contributed by atoms with Crippen LogP contribution >= 0.6 is 0 Å². The molecule has 6 nitrogen and oxygen atoms in total. The number of anilines is 1. The minimum atomic E-state index is -0.341. The minimum absolute atomic E-state index is 0.0566. The number of carbonyl (C=O) groups is 2. The number of hydrogen-bond acceptors (Lipinski definition) is 4.